The number of hydrogen-bond acceptors (Lipinski definition) is 3. The largest absolute Gasteiger partial charge is 0.449 e. The number of nitrogens with zero attached hydrogens (tertiary/aromatic N) is 1. The van der Waals surface area contributed by atoms with Gasteiger partial charge in [-0.1, -0.05) is 12.8 Å². The van der Waals surface area contributed by atoms with Crippen molar-refractivity contribution in [2.75, 3.05) is 0 Å². The predicted molar refractivity (Wildman–Crippen MR) is 61.7 cm³/mol. The van der Waals surface area contributed by atoms with Crippen LogP contribution in [0, 0.1) is 17.2 Å². The molecule has 3 nitrogen and oxygen atoms in total. The molecule has 16 heavy (non-hydrogen) atoms. The van der Waals surface area contributed by atoms with Crippen molar-refractivity contribution in [1.29, 1.82) is 5.26 Å². The van der Waals surface area contributed by atoms with Gasteiger partial charge < -0.3 is 9.73 Å². The molecule has 0 amide bonds. The van der Waals surface area contributed by atoms with Gasteiger partial charge in [-0.2, -0.15) is 5.26 Å². The van der Waals surface area contributed by atoms with E-state index in [0.29, 0.717) is 11.8 Å². The van der Waals surface area contributed by atoms with E-state index in [1.54, 1.807) is 6.07 Å². The van der Waals surface area contributed by atoms with Crippen LogP contribution in [-0.4, -0.2) is 6.04 Å². The minimum atomic E-state index is 0.394. The van der Waals surface area contributed by atoms with Crippen molar-refractivity contribution in [3.8, 4) is 6.07 Å². The van der Waals surface area contributed by atoms with Gasteiger partial charge in [-0.05, 0) is 37.8 Å². The fourth-order valence-corrected chi connectivity index (χ4v) is 2.42. The Labute approximate surface area is 96.4 Å². The van der Waals surface area contributed by atoms with Crippen LogP contribution in [0.5, 0.6) is 0 Å². The molecular weight excluding hydrogens is 200 g/mol. The molecule has 1 heterocycles. The smallest absolute Gasteiger partial charge is 0.203 e. The number of rotatable bonds is 4. The van der Waals surface area contributed by atoms with Crippen LogP contribution in [0.25, 0.3) is 0 Å². The summed E-state index contributed by atoms with van der Waals surface area (Å²) in [6.07, 6.45) is 5.43. The van der Waals surface area contributed by atoms with E-state index in [-0.39, 0.29) is 0 Å². The molecule has 1 atom stereocenters. The van der Waals surface area contributed by atoms with Crippen LogP contribution < -0.4 is 5.32 Å². The highest BCUT2D eigenvalue weighted by Gasteiger charge is 2.21. The van der Waals surface area contributed by atoms with E-state index < -0.39 is 0 Å². The summed E-state index contributed by atoms with van der Waals surface area (Å²) >= 11 is 0. The average Bonchev–Trinajstić information content (AvgIpc) is 2.96. The average molecular weight is 218 g/mol. The van der Waals surface area contributed by atoms with Crippen LogP contribution in [0.15, 0.2) is 16.5 Å². The van der Waals surface area contributed by atoms with Gasteiger partial charge in [0.2, 0.25) is 5.76 Å². The van der Waals surface area contributed by atoms with Gasteiger partial charge in [0, 0.05) is 6.04 Å². The quantitative estimate of drug-likeness (QED) is 0.845. The Kier molecular flexibility index (Phi) is 3.63. The monoisotopic (exact) mass is 218 g/mol. The third-order valence-electron chi connectivity index (χ3n) is 3.48. The summed E-state index contributed by atoms with van der Waals surface area (Å²) in [6.45, 7) is 2.96. The van der Waals surface area contributed by atoms with E-state index >= 15 is 0 Å². The molecule has 1 fully saturated rings. The zero-order chi connectivity index (χ0) is 11.4. The predicted octanol–water partition coefficient (Wildman–Crippen LogP) is 2.82. The minimum absolute atomic E-state index is 0.394. The van der Waals surface area contributed by atoms with Crippen molar-refractivity contribution in [2.45, 2.75) is 45.2 Å². The van der Waals surface area contributed by atoms with Crippen molar-refractivity contribution >= 4 is 0 Å². The van der Waals surface area contributed by atoms with Crippen molar-refractivity contribution in [3.63, 3.8) is 0 Å². The van der Waals surface area contributed by atoms with Gasteiger partial charge in [0.1, 0.15) is 11.8 Å². The molecule has 0 spiro atoms. The van der Waals surface area contributed by atoms with Gasteiger partial charge in [0.25, 0.3) is 0 Å². The summed E-state index contributed by atoms with van der Waals surface area (Å²) in [5, 5.41) is 12.1. The molecular formula is C13H18N2O. The van der Waals surface area contributed by atoms with E-state index in [2.05, 4.69) is 12.2 Å². The summed E-state index contributed by atoms with van der Waals surface area (Å²) in [6, 6.07) is 6.12. The second-order valence-corrected chi connectivity index (χ2v) is 4.59. The van der Waals surface area contributed by atoms with Crippen LogP contribution in [0.4, 0.5) is 0 Å². The van der Waals surface area contributed by atoms with Gasteiger partial charge in [-0.25, -0.2) is 0 Å². The molecule has 2 rings (SSSR count). The zero-order valence-corrected chi connectivity index (χ0v) is 9.70. The molecule has 0 aliphatic heterocycles. The maximum Gasteiger partial charge on any atom is 0.203 e. The minimum Gasteiger partial charge on any atom is -0.449 e. The highest BCUT2D eigenvalue weighted by molar-refractivity contribution is 5.18. The van der Waals surface area contributed by atoms with E-state index in [9.17, 15) is 0 Å². The molecule has 1 aliphatic carbocycles. The lowest BCUT2D eigenvalue weighted by atomic mass is 10.00. The summed E-state index contributed by atoms with van der Waals surface area (Å²) in [7, 11) is 0. The molecule has 1 unspecified atom stereocenters. The van der Waals surface area contributed by atoms with Crippen LogP contribution in [0.1, 0.15) is 44.1 Å². The molecule has 1 aromatic heterocycles. The molecule has 1 aromatic rings. The van der Waals surface area contributed by atoms with Crippen LogP contribution in [0.2, 0.25) is 0 Å². The summed E-state index contributed by atoms with van der Waals surface area (Å²) in [4.78, 5) is 0. The molecule has 0 saturated heterocycles. The van der Waals surface area contributed by atoms with Crippen molar-refractivity contribution < 1.29 is 4.42 Å². The first kappa shape index (κ1) is 11.2. The molecule has 1 saturated carbocycles. The third-order valence-corrected chi connectivity index (χ3v) is 3.48. The molecule has 0 radical (unpaired) electrons. The Morgan fingerprint density at radius 2 is 2.25 bits per heavy atom. The summed E-state index contributed by atoms with van der Waals surface area (Å²) in [5.74, 6) is 2.05. The second kappa shape index (κ2) is 5.18. The fraction of sp³-hybridized carbons (Fsp3) is 0.615. The SMILES string of the molecule is CC(NCc1ccc(C#N)o1)C1CCCC1. The number of hydrogen-bond donors (Lipinski definition) is 1. The molecule has 1 N–H and O–H groups in total. The molecule has 86 valence electrons. The Bertz CT molecular complexity index is 372. The lowest BCUT2D eigenvalue weighted by Gasteiger charge is -2.19. The first-order chi connectivity index (χ1) is 7.79. The lowest BCUT2D eigenvalue weighted by Crippen LogP contribution is -2.31. The van der Waals surface area contributed by atoms with Gasteiger partial charge >= 0.3 is 0 Å². The van der Waals surface area contributed by atoms with Crippen molar-refractivity contribution in [3.05, 3.63) is 23.7 Å². The molecule has 3 heteroatoms. The van der Waals surface area contributed by atoms with Crippen molar-refractivity contribution in [2.24, 2.45) is 5.92 Å². The standard InChI is InChI=1S/C13H18N2O/c1-10(11-4-2-3-5-11)15-9-13-7-6-12(8-14)16-13/h6-7,10-11,15H,2-5,9H2,1H3. The Balaban J connectivity index is 1.80. The van der Waals surface area contributed by atoms with E-state index in [1.807, 2.05) is 12.1 Å². The molecule has 1 aliphatic rings. The Morgan fingerprint density at radius 3 is 2.88 bits per heavy atom. The molecule has 0 aromatic carbocycles. The first-order valence-electron chi connectivity index (χ1n) is 6.02. The van der Waals surface area contributed by atoms with Crippen molar-refractivity contribution in [1.82, 2.24) is 5.32 Å². The number of nitrogens with one attached hydrogen (secondary N) is 1. The Morgan fingerprint density at radius 1 is 1.50 bits per heavy atom. The first-order valence-corrected chi connectivity index (χ1v) is 6.02. The lowest BCUT2D eigenvalue weighted by molar-refractivity contribution is 0.361. The van der Waals surface area contributed by atoms with Crippen LogP contribution in [0.3, 0.4) is 0 Å². The topological polar surface area (TPSA) is 49.0 Å². The van der Waals surface area contributed by atoms with Gasteiger partial charge in [-0.15, -0.1) is 0 Å². The van der Waals surface area contributed by atoms with E-state index in [4.69, 9.17) is 9.68 Å². The van der Waals surface area contributed by atoms with Gasteiger partial charge in [-0.3, -0.25) is 0 Å². The van der Waals surface area contributed by atoms with Gasteiger partial charge in [0.05, 0.1) is 6.54 Å². The third kappa shape index (κ3) is 2.65. The summed E-state index contributed by atoms with van der Waals surface area (Å²) < 4.78 is 5.32. The van der Waals surface area contributed by atoms with Crippen LogP contribution >= 0.6 is 0 Å². The van der Waals surface area contributed by atoms with E-state index in [1.165, 1.54) is 25.7 Å². The number of nitriles is 1. The number of furan rings is 1. The van der Waals surface area contributed by atoms with E-state index in [0.717, 1.165) is 18.2 Å². The second-order valence-electron chi connectivity index (χ2n) is 4.59. The molecule has 0 bridgehead atoms. The fourth-order valence-electron chi connectivity index (χ4n) is 2.42. The highest BCUT2D eigenvalue weighted by Crippen LogP contribution is 2.27. The van der Waals surface area contributed by atoms with Crippen LogP contribution in [-0.2, 0) is 6.54 Å². The van der Waals surface area contributed by atoms with Gasteiger partial charge in [0.15, 0.2) is 0 Å². The maximum atomic E-state index is 8.64. The maximum absolute atomic E-state index is 8.64. The Hall–Kier alpha value is -1.27. The summed E-state index contributed by atoms with van der Waals surface area (Å²) in [5.41, 5.74) is 0. The zero-order valence-electron chi connectivity index (χ0n) is 9.70. The highest BCUT2D eigenvalue weighted by atomic mass is 16.3. The normalized spacial score (nSPS) is 18.5.